The van der Waals surface area contributed by atoms with Gasteiger partial charge in [-0.3, -0.25) is 4.79 Å². The van der Waals surface area contributed by atoms with E-state index in [9.17, 15) is 13.2 Å². The number of fused-ring (bicyclic) bond motifs is 1. The number of sulfonamides is 1. The normalized spacial score (nSPS) is 11.8. The topological polar surface area (TPSA) is 82.3 Å². The molecule has 2 aromatic heterocycles. The molecule has 9 heteroatoms. The van der Waals surface area contributed by atoms with Crippen molar-refractivity contribution in [1.82, 2.24) is 13.9 Å². The molecule has 0 fully saturated rings. The Kier molecular flexibility index (Phi) is 5.08. The second-order valence-electron chi connectivity index (χ2n) is 5.74. The third-order valence-electron chi connectivity index (χ3n) is 4.06. The van der Waals surface area contributed by atoms with E-state index in [1.807, 2.05) is 18.3 Å². The van der Waals surface area contributed by atoms with Crippen LogP contribution in [0, 0.1) is 0 Å². The third kappa shape index (κ3) is 3.48. The zero-order valence-corrected chi connectivity index (χ0v) is 15.8. The summed E-state index contributed by atoms with van der Waals surface area (Å²) in [5.41, 5.74) is 0.404. The second-order valence-corrected chi connectivity index (χ2v) is 7.91. The molecule has 0 radical (unpaired) electrons. The van der Waals surface area contributed by atoms with Crippen LogP contribution in [0.1, 0.15) is 0 Å². The van der Waals surface area contributed by atoms with Gasteiger partial charge in [0.2, 0.25) is 10.0 Å². The lowest BCUT2D eigenvalue weighted by Crippen LogP contribution is -2.31. The molecule has 0 aliphatic rings. The van der Waals surface area contributed by atoms with Crippen molar-refractivity contribution in [2.75, 3.05) is 13.7 Å². The molecule has 0 saturated carbocycles. The Labute approximate surface area is 155 Å². The van der Waals surface area contributed by atoms with E-state index >= 15 is 0 Å². The monoisotopic (exact) mass is 395 g/mol. The van der Waals surface area contributed by atoms with E-state index < -0.39 is 10.0 Å². The van der Waals surface area contributed by atoms with E-state index in [0.717, 1.165) is 5.39 Å². The molecule has 0 aliphatic heterocycles. The Hall–Kier alpha value is -2.29. The Balaban J connectivity index is 1.80. The first-order chi connectivity index (χ1) is 12.3. The molecule has 2 heterocycles. The number of rotatable bonds is 6. The number of nitrogens with one attached hydrogen (secondary N) is 1. The molecule has 0 aliphatic carbocycles. The van der Waals surface area contributed by atoms with Crippen LogP contribution in [0.15, 0.2) is 52.4 Å². The van der Waals surface area contributed by atoms with Crippen LogP contribution >= 0.6 is 11.6 Å². The first-order valence-corrected chi connectivity index (χ1v) is 9.67. The minimum Gasteiger partial charge on any atom is -0.495 e. The van der Waals surface area contributed by atoms with E-state index in [1.54, 1.807) is 23.9 Å². The maximum atomic E-state index is 12.5. The summed E-state index contributed by atoms with van der Waals surface area (Å²) in [6, 6.07) is 8.05. The van der Waals surface area contributed by atoms with E-state index in [1.165, 1.54) is 23.8 Å². The minimum absolute atomic E-state index is 0.0438. The van der Waals surface area contributed by atoms with Crippen molar-refractivity contribution < 1.29 is 13.2 Å². The molecule has 0 unspecified atom stereocenters. The zero-order valence-electron chi connectivity index (χ0n) is 14.3. The van der Waals surface area contributed by atoms with Gasteiger partial charge < -0.3 is 13.9 Å². The van der Waals surface area contributed by atoms with E-state index in [4.69, 9.17) is 16.3 Å². The van der Waals surface area contributed by atoms with E-state index in [0.29, 0.717) is 5.52 Å². The summed E-state index contributed by atoms with van der Waals surface area (Å²) < 4.78 is 35.8. The van der Waals surface area contributed by atoms with Crippen molar-refractivity contribution in [3.05, 3.63) is 58.1 Å². The van der Waals surface area contributed by atoms with E-state index in [-0.39, 0.29) is 34.3 Å². The van der Waals surface area contributed by atoms with Crippen LogP contribution in [0.4, 0.5) is 0 Å². The van der Waals surface area contributed by atoms with Crippen LogP contribution in [0.5, 0.6) is 5.75 Å². The minimum atomic E-state index is -3.83. The largest absolute Gasteiger partial charge is 0.495 e. The fourth-order valence-corrected chi connectivity index (χ4v) is 4.20. The highest BCUT2D eigenvalue weighted by molar-refractivity contribution is 7.89. The second kappa shape index (κ2) is 7.14. The summed E-state index contributed by atoms with van der Waals surface area (Å²) in [4.78, 5) is 12.5. The van der Waals surface area contributed by atoms with Crippen molar-refractivity contribution in [2.24, 2.45) is 7.05 Å². The zero-order chi connectivity index (χ0) is 18.9. The van der Waals surface area contributed by atoms with Crippen LogP contribution in [-0.4, -0.2) is 31.2 Å². The van der Waals surface area contributed by atoms with Gasteiger partial charge in [-0.15, -0.1) is 0 Å². The van der Waals surface area contributed by atoms with Gasteiger partial charge in [-0.05, 0) is 30.3 Å². The lowest BCUT2D eigenvalue weighted by Gasteiger charge is -2.12. The van der Waals surface area contributed by atoms with Crippen molar-refractivity contribution >= 4 is 32.5 Å². The summed E-state index contributed by atoms with van der Waals surface area (Å²) in [5, 5.41) is 1.13. The SMILES string of the molecule is COc1ccc(Cl)cc1S(=O)(=O)NCCn1ccc2ccn(C)c2c1=O. The molecule has 26 heavy (non-hydrogen) atoms. The molecule has 3 aromatic rings. The quantitative estimate of drug-likeness (QED) is 0.691. The number of methoxy groups -OCH3 is 1. The number of ether oxygens (including phenoxy) is 1. The van der Waals surface area contributed by atoms with Gasteiger partial charge in [0.05, 0.1) is 7.11 Å². The summed E-state index contributed by atoms with van der Waals surface area (Å²) in [6.45, 7) is 0.246. The van der Waals surface area contributed by atoms with Crippen molar-refractivity contribution in [2.45, 2.75) is 11.4 Å². The van der Waals surface area contributed by atoms with Gasteiger partial charge in [-0.2, -0.15) is 0 Å². The highest BCUT2D eigenvalue weighted by atomic mass is 35.5. The first kappa shape index (κ1) is 18.5. The predicted molar refractivity (Wildman–Crippen MR) is 100 cm³/mol. The summed E-state index contributed by atoms with van der Waals surface area (Å²) in [7, 11) is -0.649. The number of pyridine rings is 1. The van der Waals surface area contributed by atoms with Crippen molar-refractivity contribution in [1.29, 1.82) is 0 Å². The fraction of sp³-hybridized carbons (Fsp3) is 0.235. The van der Waals surface area contributed by atoms with Crippen molar-refractivity contribution in [3.63, 3.8) is 0 Å². The highest BCUT2D eigenvalue weighted by Crippen LogP contribution is 2.26. The van der Waals surface area contributed by atoms with Crippen LogP contribution in [0.3, 0.4) is 0 Å². The summed E-state index contributed by atoms with van der Waals surface area (Å²) in [6.07, 6.45) is 3.46. The first-order valence-electron chi connectivity index (χ1n) is 7.81. The van der Waals surface area contributed by atoms with Crippen LogP contribution in [0.25, 0.3) is 10.9 Å². The standard InChI is InChI=1S/C17H18ClN3O4S/c1-20-8-5-12-6-9-21(17(22)16(12)20)10-7-19-26(23,24)15-11-13(18)3-4-14(15)25-2/h3-6,8-9,11,19H,7,10H2,1-2H3. The molecular formula is C17H18ClN3O4S. The molecule has 7 nitrogen and oxygen atoms in total. The number of hydrogen-bond acceptors (Lipinski definition) is 4. The molecule has 1 N–H and O–H groups in total. The highest BCUT2D eigenvalue weighted by Gasteiger charge is 2.19. The lowest BCUT2D eigenvalue weighted by atomic mass is 10.3. The summed E-state index contributed by atoms with van der Waals surface area (Å²) >= 11 is 5.89. The maximum absolute atomic E-state index is 12.5. The molecule has 0 atom stereocenters. The molecule has 0 amide bonds. The van der Waals surface area contributed by atoms with Gasteiger partial charge in [0.1, 0.15) is 16.2 Å². The number of nitrogens with zero attached hydrogens (tertiary/aromatic N) is 2. The Bertz CT molecular complexity index is 1120. The smallest absolute Gasteiger partial charge is 0.275 e. The Morgan fingerprint density at radius 2 is 1.92 bits per heavy atom. The number of halogens is 1. The average Bonchev–Trinajstić information content (AvgIpc) is 2.98. The molecule has 1 aromatic carbocycles. The fourth-order valence-electron chi connectivity index (χ4n) is 2.75. The van der Waals surface area contributed by atoms with E-state index in [2.05, 4.69) is 4.72 Å². The molecule has 138 valence electrons. The number of aromatic nitrogens is 2. The molecule has 0 bridgehead atoms. The van der Waals surface area contributed by atoms with Gasteiger partial charge in [0, 0.05) is 42.9 Å². The Morgan fingerprint density at radius 3 is 2.65 bits per heavy atom. The maximum Gasteiger partial charge on any atom is 0.275 e. The summed E-state index contributed by atoms with van der Waals surface area (Å²) in [5.74, 6) is 0.198. The Morgan fingerprint density at radius 1 is 1.19 bits per heavy atom. The van der Waals surface area contributed by atoms with Crippen LogP contribution in [0.2, 0.25) is 5.02 Å². The molecular weight excluding hydrogens is 378 g/mol. The number of aryl methyl sites for hydroxylation is 1. The van der Waals surface area contributed by atoms with Crippen LogP contribution < -0.4 is 15.0 Å². The van der Waals surface area contributed by atoms with Gasteiger partial charge in [-0.25, -0.2) is 13.1 Å². The van der Waals surface area contributed by atoms with Crippen molar-refractivity contribution in [3.8, 4) is 5.75 Å². The number of benzene rings is 1. The molecule has 0 spiro atoms. The lowest BCUT2D eigenvalue weighted by molar-refractivity contribution is 0.402. The molecule has 0 saturated heterocycles. The van der Waals surface area contributed by atoms with Gasteiger partial charge in [-0.1, -0.05) is 11.6 Å². The molecule has 3 rings (SSSR count). The van der Waals surface area contributed by atoms with Gasteiger partial charge >= 0.3 is 0 Å². The number of hydrogen-bond donors (Lipinski definition) is 1. The van der Waals surface area contributed by atoms with Crippen LogP contribution in [-0.2, 0) is 23.6 Å². The predicted octanol–water partition coefficient (Wildman–Crippen LogP) is 1.98. The van der Waals surface area contributed by atoms with Gasteiger partial charge in [0.15, 0.2) is 0 Å². The third-order valence-corrected chi connectivity index (χ3v) is 5.78. The van der Waals surface area contributed by atoms with Gasteiger partial charge in [0.25, 0.3) is 5.56 Å². The average molecular weight is 396 g/mol.